The Hall–Kier alpha value is -0.910. The predicted octanol–water partition coefficient (Wildman–Crippen LogP) is 1.82. The molecule has 15 heavy (non-hydrogen) atoms. The lowest BCUT2D eigenvalue weighted by Gasteiger charge is -1.98. The summed E-state index contributed by atoms with van der Waals surface area (Å²) in [6.07, 6.45) is 3.60. The van der Waals surface area contributed by atoms with Crippen molar-refractivity contribution >= 4 is 22.9 Å². The molecule has 0 amide bonds. The van der Waals surface area contributed by atoms with Crippen LogP contribution in [0.1, 0.15) is 10.7 Å². The second-order valence-electron chi connectivity index (χ2n) is 3.14. The van der Waals surface area contributed by atoms with Gasteiger partial charge in [0.05, 0.1) is 11.9 Å². The summed E-state index contributed by atoms with van der Waals surface area (Å²) in [5.74, 6) is 0. The van der Waals surface area contributed by atoms with Gasteiger partial charge in [0.25, 0.3) is 0 Å². The van der Waals surface area contributed by atoms with E-state index < -0.39 is 0 Å². The van der Waals surface area contributed by atoms with Crippen molar-refractivity contribution in [3.8, 4) is 0 Å². The van der Waals surface area contributed by atoms with Crippen molar-refractivity contribution in [1.82, 2.24) is 20.1 Å². The van der Waals surface area contributed by atoms with Gasteiger partial charge in [0.2, 0.25) is 0 Å². The molecule has 0 aliphatic heterocycles. The highest BCUT2D eigenvalue weighted by atomic mass is 35.5. The van der Waals surface area contributed by atoms with Crippen LogP contribution >= 0.6 is 22.9 Å². The van der Waals surface area contributed by atoms with E-state index in [0.29, 0.717) is 0 Å². The van der Waals surface area contributed by atoms with Crippen LogP contribution in [-0.2, 0) is 20.1 Å². The van der Waals surface area contributed by atoms with Gasteiger partial charge in [-0.25, -0.2) is 4.98 Å². The summed E-state index contributed by atoms with van der Waals surface area (Å²) >= 11 is 7.27. The number of aryl methyl sites for hydroxylation is 1. The zero-order valence-electron chi connectivity index (χ0n) is 8.27. The Balaban J connectivity index is 1.80. The molecule has 0 aliphatic carbocycles. The molecule has 0 fully saturated rings. The number of hydrogen-bond acceptors (Lipinski definition) is 4. The van der Waals surface area contributed by atoms with E-state index in [1.807, 2.05) is 19.3 Å². The van der Waals surface area contributed by atoms with E-state index in [-0.39, 0.29) is 0 Å². The van der Waals surface area contributed by atoms with Crippen LogP contribution in [0.15, 0.2) is 18.5 Å². The van der Waals surface area contributed by atoms with Crippen molar-refractivity contribution in [1.29, 1.82) is 0 Å². The highest BCUT2D eigenvalue weighted by Gasteiger charge is 2.00. The van der Waals surface area contributed by atoms with Gasteiger partial charge in [0.1, 0.15) is 9.34 Å². The van der Waals surface area contributed by atoms with Gasteiger partial charge >= 0.3 is 0 Å². The third-order valence-corrected chi connectivity index (χ3v) is 2.99. The van der Waals surface area contributed by atoms with Gasteiger partial charge in [-0.15, -0.1) is 11.3 Å². The zero-order valence-corrected chi connectivity index (χ0v) is 9.85. The summed E-state index contributed by atoms with van der Waals surface area (Å²) in [6, 6.07) is 1.99. The number of nitrogens with one attached hydrogen (secondary N) is 1. The number of aromatic nitrogens is 3. The molecule has 80 valence electrons. The fourth-order valence-corrected chi connectivity index (χ4v) is 2.15. The van der Waals surface area contributed by atoms with Crippen LogP contribution in [0.3, 0.4) is 0 Å². The first kappa shape index (κ1) is 10.6. The molecule has 0 radical (unpaired) electrons. The third kappa shape index (κ3) is 3.02. The second-order valence-corrected chi connectivity index (χ2v) is 4.89. The Bertz CT molecular complexity index is 397. The van der Waals surface area contributed by atoms with E-state index in [4.69, 9.17) is 11.6 Å². The topological polar surface area (TPSA) is 42.7 Å². The number of rotatable bonds is 4. The minimum Gasteiger partial charge on any atom is -0.305 e. The van der Waals surface area contributed by atoms with Crippen molar-refractivity contribution in [2.24, 2.45) is 7.05 Å². The van der Waals surface area contributed by atoms with Gasteiger partial charge < -0.3 is 5.32 Å². The molecule has 1 N–H and O–H groups in total. The smallest absolute Gasteiger partial charge is 0.113 e. The molecule has 4 nitrogen and oxygen atoms in total. The lowest BCUT2D eigenvalue weighted by molar-refractivity contribution is 0.654. The fraction of sp³-hybridized carbons (Fsp3) is 0.333. The van der Waals surface area contributed by atoms with Gasteiger partial charge in [-0.1, -0.05) is 11.6 Å². The average molecular weight is 243 g/mol. The Morgan fingerprint density at radius 2 is 2.40 bits per heavy atom. The van der Waals surface area contributed by atoms with E-state index in [0.717, 1.165) is 28.1 Å². The van der Waals surface area contributed by atoms with E-state index in [9.17, 15) is 0 Å². The molecule has 0 atom stereocenters. The molecular formula is C9H11ClN4S. The molecule has 0 aliphatic rings. The standard InChI is InChI=1S/C9H11ClN4S/c1-14-3-2-7(13-14)4-11-6-9-12-5-8(10)15-9/h2-3,5,11H,4,6H2,1H3. The van der Waals surface area contributed by atoms with Crippen LogP contribution in [-0.4, -0.2) is 14.8 Å². The predicted molar refractivity (Wildman–Crippen MR) is 60.9 cm³/mol. The first-order valence-corrected chi connectivity index (χ1v) is 5.73. The Kier molecular flexibility index (Phi) is 3.35. The SMILES string of the molecule is Cn1ccc(CNCc2ncc(Cl)s2)n1. The lowest BCUT2D eigenvalue weighted by Crippen LogP contribution is -2.13. The normalized spacial score (nSPS) is 10.8. The number of halogens is 1. The summed E-state index contributed by atoms with van der Waals surface area (Å²) in [5.41, 5.74) is 1.03. The van der Waals surface area contributed by atoms with Crippen LogP contribution < -0.4 is 5.32 Å². The van der Waals surface area contributed by atoms with Gasteiger partial charge in [-0.2, -0.15) is 5.10 Å². The molecular weight excluding hydrogens is 232 g/mol. The summed E-state index contributed by atoms with van der Waals surface area (Å²) in [5, 5.41) is 8.51. The monoisotopic (exact) mass is 242 g/mol. The summed E-state index contributed by atoms with van der Waals surface area (Å²) in [4.78, 5) is 4.15. The summed E-state index contributed by atoms with van der Waals surface area (Å²) in [7, 11) is 1.91. The highest BCUT2D eigenvalue weighted by molar-refractivity contribution is 7.15. The third-order valence-electron chi connectivity index (χ3n) is 1.88. The molecule has 0 saturated heterocycles. The van der Waals surface area contributed by atoms with Crippen molar-refractivity contribution in [3.63, 3.8) is 0 Å². The Labute approximate surface area is 96.9 Å². The van der Waals surface area contributed by atoms with Gasteiger partial charge in [-0.05, 0) is 6.07 Å². The maximum Gasteiger partial charge on any atom is 0.113 e. The van der Waals surface area contributed by atoms with E-state index in [1.54, 1.807) is 10.9 Å². The fourth-order valence-electron chi connectivity index (χ4n) is 1.22. The maximum atomic E-state index is 5.77. The highest BCUT2D eigenvalue weighted by Crippen LogP contribution is 2.17. The Morgan fingerprint density at radius 3 is 3.00 bits per heavy atom. The molecule has 2 aromatic heterocycles. The number of nitrogens with zero attached hydrogens (tertiary/aromatic N) is 3. The van der Waals surface area contributed by atoms with E-state index in [2.05, 4.69) is 15.4 Å². The van der Waals surface area contributed by atoms with Gasteiger partial charge in [0, 0.05) is 26.3 Å². The van der Waals surface area contributed by atoms with E-state index in [1.165, 1.54) is 11.3 Å². The van der Waals surface area contributed by atoms with Crippen molar-refractivity contribution in [3.05, 3.63) is 33.5 Å². The van der Waals surface area contributed by atoms with E-state index >= 15 is 0 Å². The molecule has 0 unspecified atom stereocenters. The molecule has 0 bridgehead atoms. The molecule has 0 spiro atoms. The van der Waals surface area contributed by atoms with Crippen LogP contribution in [0, 0.1) is 0 Å². The zero-order chi connectivity index (χ0) is 10.7. The van der Waals surface area contributed by atoms with Crippen LogP contribution in [0.5, 0.6) is 0 Å². The molecule has 6 heteroatoms. The first-order chi connectivity index (χ1) is 7.24. The molecule has 0 saturated carbocycles. The minimum absolute atomic E-state index is 0.727. The van der Waals surface area contributed by atoms with Crippen molar-refractivity contribution in [2.75, 3.05) is 0 Å². The average Bonchev–Trinajstić information content (AvgIpc) is 2.76. The molecule has 2 rings (SSSR count). The molecule has 0 aromatic carbocycles. The van der Waals surface area contributed by atoms with Crippen molar-refractivity contribution in [2.45, 2.75) is 13.1 Å². The Morgan fingerprint density at radius 1 is 1.53 bits per heavy atom. The van der Waals surface area contributed by atoms with Crippen LogP contribution in [0.25, 0.3) is 0 Å². The van der Waals surface area contributed by atoms with Crippen molar-refractivity contribution < 1.29 is 0 Å². The summed E-state index contributed by atoms with van der Waals surface area (Å²) < 4.78 is 2.52. The van der Waals surface area contributed by atoms with Crippen LogP contribution in [0.2, 0.25) is 4.34 Å². The lowest BCUT2D eigenvalue weighted by atomic mass is 10.4. The molecule has 2 aromatic rings. The number of thiazole rings is 1. The van der Waals surface area contributed by atoms with Crippen LogP contribution in [0.4, 0.5) is 0 Å². The second kappa shape index (κ2) is 4.74. The molecule has 2 heterocycles. The van der Waals surface area contributed by atoms with Gasteiger partial charge in [-0.3, -0.25) is 4.68 Å². The maximum absolute atomic E-state index is 5.77. The largest absolute Gasteiger partial charge is 0.305 e. The first-order valence-electron chi connectivity index (χ1n) is 4.53. The van der Waals surface area contributed by atoms with Gasteiger partial charge in [0.15, 0.2) is 0 Å². The quantitative estimate of drug-likeness (QED) is 0.890. The minimum atomic E-state index is 0.727. The number of hydrogen-bond donors (Lipinski definition) is 1. The summed E-state index contributed by atoms with van der Waals surface area (Å²) in [6.45, 7) is 1.48.